The quantitative estimate of drug-likeness (QED) is 0.227. The van der Waals surface area contributed by atoms with Crippen molar-refractivity contribution in [1.82, 2.24) is 4.57 Å². The molecule has 4 aromatic carbocycles. The molecule has 43 heavy (non-hydrogen) atoms. The van der Waals surface area contributed by atoms with Crippen molar-refractivity contribution in [2.45, 2.75) is 29.7 Å². The number of fused-ring (bicyclic) bond motifs is 3. The van der Waals surface area contributed by atoms with Gasteiger partial charge in [0.25, 0.3) is 0 Å². The Bertz CT molecular complexity index is 1980. The first-order chi connectivity index (χ1) is 20.8. The zero-order chi connectivity index (χ0) is 29.8. The first kappa shape index (κ1) is 27.6. The second-order valence-corrected chi connectivity index (χ2v) is 13.2. The van der Waals surface area contributed by atoms with Crippen molar-refractivity contribution in [1.29, 1.82) is 0 Å². The number of carbonyl (C=O) groups is 3. The zero-order valence-electron chi connectivity index (χ0n) is 22.8. The highest BCUT2D eigenvalue weighted by Crippen LogP contribution is 2.54. The number of carbonyl (C=O) groups excluding carboxylic acids is 3. The number of thioether (sulfide) groups is 1. The smallest absolute Gasteiger partial charge is 0.308 e. The number of hydrogen-bond acceptors (Lipinski definition) is 6. The van der Waals surface area contributed by atoms with Crippen molar-refractivity contribution < 1.29 is 14.4 Å². The molecule has 0 radical (unpaired) electrons. The van der Waals surface area contributed by atoms with Crippen LogP contribution >= 0.6 is 34.7 Å². The monoisotopic (exact) mass is 625 g/mol. The fourth-order valence-corrected chi connectivity index (χ4v) is 8.80. The van der Waals surface area contributed by atoms with Crippen LogP contribution in [0.3, 0.4) is 0 Å². The molecular weight excluding hydrogens is 602 g/mol. The van der Waals surface area contributed by atoms with Gasteiger partial charge in [0.15, 0.2) is 0 Å². The molecule has 214 valence electrons. The van der Waals surface area contributed by atoms with Gasteiger partial charge in [-0.2, -0.15) is 0 Å². The number of imide groups is 1. The molecule has 0 aliphatic carbocycles. The minimum atomic E-state index is -0.761. The van der Waals surface area contributed by atoms with Crippen LogP contribution in [-0.2, 0) is 20.9 Å². The molecule has 3 atom stereocenters. The van der Waals surface area contributed by atoms with Gasteiger partial charge in [-0.05, 0) is 48.2 Å². The highest BCUT2D eigenvalue weighted by Gasteiger charge is 2.56. The van der Waals surface area contributed by atoms with Crippen LogP contribution in [0.15, 0.2) is 101 Å². The van der Waals surface area contributed by atoms with Crippen LogP contribution < -0.4 is 15.1 Å². The predicted molar refractivity (Wildman–Crippen MR) is 171 cm³/mol. The Morgan fingerprint density at radius 1 is 0.884 bits per heavy atom. The van der Waals surface area contributed by atoms with Gasteiger partial charge >= 0.3 is 4.87 Å². The Labute approximate surface area is 260 Å². The molecule has 3 unspecified atom stereocenters. The minimum Gasteiger partial charge on any atom is -0.324 e. The molecule has 0 bridgehead atoms. The molecule has 3 amide bonds. The molecule has 1 N–H and O–H groups in total. The molecule has 0 saturated carbocycles. The van der Waals surface area contributed by atoms with E-state index in [1.54, 1.807) is 24.3 Å². The van der Waals surface area contributed by atoms with E-state index in [0.29, 0.717) is 26.3 Å². The third-order valence-electron chi connectivity index (χ3n) is 7.94. The van der Waals surface area contributed by atoms with E-state index in [1.807, 2.05) is 73.7 Å². The molecular formula is C33H24ClN3O4S2. The summed E-state index contributed by atoms with van der Waals surface area (Å²) in [6, 6.07) is 27.8. The van der Waals surface area contributed by atoms with E-state index >= 15 is 0 Å². The molecule has 5 aromatic rings. The summed E-state index contributed by atoms with van der Waals surface area (Å²) in [6.07, 6.45) is 0. The summed E-state index contributed by atoms with van der Waals surface area (Å²) >= 11 is 8.40. The number of thiazole rings is 1. The van der Waals surface area contributed by atoms with E-state index in [9.17, 15) is 19.2 Å². The molecule has 1 fully saturated rings. The van der Waals surface area contributed by atoms with E-state index in [1.165, 1.54) is 21.2 Å². The number of hydrogen-bond donors (Lipinski definition) is 1. The van der Waals surface area contributed by atoms with Crippen molar-refractivity contribution in [2.75, 3.05) is 10.2 Å². The standard InChI is InChI=1S/C33H24ClN3O4S2/c1-18-9-15-22(16-10-18)37-30(39)27-26(20-11-13-21(34)14-12-20)29-32(42-28(27)31(37)40)36(33(41)43-29)17-25(38)35-24-8-4-6-19-5-2-3-7-23(19)24/h2-16,26-28H,17H2,1H3,(H,35,38). The second-order valence-electron chi connectivity index (χ2n) is 10.6. The fraction of sp³-hybridized carbons (Fsp3) is 0.152. The summed E-state index contributed by atoms with van der Waals surface area (Å²) < 4.78 is 1.43. The molecule has 7 rings (SSSR count). The minimum absolute atomic E-state index is 0.227. The molecule has 1 aromatic heterocycles. The molecule has 3 heterocycles. The van der Waals surface area contributed by atoms with Crippen molar-refractivity contribution in [2.24, 2.45) is 5.92 Å². The van der Waals surface area contributed by atoms with Crippen LogP contribution in [0.25, 0.3) is 10.8 Å². The number of rotatable bonds is 5. The van der Waals surface area contributed by atoms with Crippen molar-refractivity contribution >= 4 is 74.6 Å². The topological polar surface area (TPSA) is 88.5 Å². The maximum atomic E-state index is 14.0. The largest absolute Gasteiger partial charge is 0.324 e. The van der Waals surface area contributed by atoms with Gasteiger partial charge in [-0.3, -0.25) is 23.7 Å². The molecule has 1 saturated heterocycles. The highest BCUT2D eigenvalue weighted by atomic mass is 35.5. The summed E-state index contributed by atoms with van der Waals surface area (Å²) in [5, 5.41) is 5.15. The lowest BCUT2D eigenvalue weighted by Crippen LogP contribution is -2.33. The number of amides is 3. The maximum absolute atomic E-state index is 14.0. The van der Waals surface area contributed by atoms with Gasteiger partial charge in [0.1, 0.15) is 11.8 Å². The molecule has 2 aliphatic rings. The average Bonchev–Trinajstić information content (AvgIpc) is 3.44. The van der Waals surface area contributed by atoms with E-state index in [0.717, 1.165) is 33.2 Å². The maximum Gasteiger partial charge on any atom is 0.308 e. The van der Waals surface area contributed by atoms with Gasteiger partial charge in [0.05, 0.1) is 16.6 Å². The Kier molecular flexibility index (Phi) is 6.96. The Morgan fingerprint density at radius 2 is 1.60 bits per heavy atom. The van der Waals surface area contributed by atoms with Crippen LogP contribution in [0.1, 0.15) is 21.9 Å². The summed E-state index contributed by atoms with van der Waals surface area (Å²) in [6.45, 7) is 1.72. The van der Waals surface area contributed by atoms with Crippen LogP contribution in [0.5, 0.6) is 0 Å². The number of anilines is 2. The predicted octanol–water partition coefficient (Wildman–Crippen LogP) is 6.46. The summed E-state index contributed by atoms with van der Waals surface area (Å²) in [5.74, 6) is -2.27. The highest BCUT2D eigenvalue weighted by molar-refractivity contribution is 8.00. The summed E-state index contributed by atoms with van der Waals surface area (Å²) in [4.78, 5) is 56.3. The zero-order valence-corrected chi connectivity index (χ0v) is 25.2. The van der Waals surface area contributed by atoms with E-state index in [2.05, 4.69) is 5.32 Å². The fourth-order valence-electron chi connectivity index (χ4n) is 5.90. The van der Waals surface area contributed by atoms with Gasteiger partial charge in [0, 0.05) is 26.9 Å². The van der Waals surface area contributed by atoms with Gasteiger partial charge < -0.3 is 5.32 Å². The number of benzene rings is 4. The molecule has 10 heteroatoms. The van der Waals surface area contributed by atoms with Gasteiger partial charge in [-0.15, -0.1) is 0 Å². The van der Waals surface area contributed by atoms with E-state index in [4.69, 9.17) is 11.6 Å². The first-order valence-corrected chi connectivity index (χ1v) is 15.8. The number of nitrogens with one attached hydrogen (secondary N) is 1. The normalized spacial score (nSPS) is 19.4. The number of aromatic nitrogens is 1. The van der Waals surface area contributed by atoms with Crippen LogP contribution in [0, 0.1) is 12.8 Å². The molecule has 2 aliphatic heterocycles. The number of nitrogens with zero attached hydrogens (tertiary/aromatic N) is 2. The molecule has 7 nitrogen and oxygen atoms in total. The van der Waals surface area contributed by atoms with Crippen molar-refractivity contribution in [3.63, 3.8) is 0 Å². The van der Waals surface area contributed by atoms with Gasteiger partial charge in [-0.1, -0.05) is 101 Å². The molecule has 0 spiro atoms. The second kappa shape index (κ2) is 10.8. The third-order valence-corrected chi connectivity index (χ3v) is 10.8. The average molecular weight is 626 g/mol. The number of aryl methyl sites for hydroxylation is 1. The van der Waals surface area contributed by atoms with Crippen LogP contribution in [0.4, 0.5) is 11.4 Å². The number of halogens is 1. The van der Waals surface area contributed by atoms with Crippen molar-refractivity contribution in [3.05, 3.63) is 122 Å². The Balaban J connectivity index is 1.28. The summed E-state index contributed by atoms with van der Waals surface area (Å²) in [7, 11) is 0. The third kappa shape index (κ3) is 4.77. The van der Waals surface area contributed by atoms with E-state index < -0.39 is 17.1 Å². The van der Waals surface area contributed by atoms with Gasteiger partial charge in [-0.25, -0.2) is 4.90 Å². The van der Waals surface area contributed by atoms with E-state index in [-0.39, 0.29) is 29.1 Å². The summed E-state index contributed by atoms with van der Waals surface area (Å²) in [5.41, 5.74) is 2.96. The lowest BCUT2D eigenvalue weighted by atomic mass is 9.83. The lowest BCUT2D eigenvalue weighted by molar-refractivity contribution is -0.122. The van der Waals surface area contributed by atoms with Gasteiger partial charge in [0.2, 0.25) is 17.7 Å². The Hall–Kier alpha value is -4.18. The Morgan fingerprint density at radius 3 is 2.37 bits per heavy atom. The van der Waals surface area contributed by atoms with Crippen molar-refractivity contribution in [3.8, 4) is 0 Å². The SMILES string of the molecule is Cc1ccc(N2C(=O)C3Sc4c(sc(=O)n4CC(=O)Nc4cccc5ccccc45)C(c4ccc(Cl)cc4)C3C2=O)cc1. The van der Waals surface area contributed by atoms with Crippen LogP contribution in [-0.4, -0.2) is 27.5 Å². The lowest BCUT2D eigenvalue weighted by Gasteiger charge is -2.30. The first-order valence-electron chi connectivity index (χ1n) is 13.7. The van der Waals surface area contributed by atoms with Crippen LogP contribution in [0.2, 0.25) is 5.02 Å².